The number of hydrogen-bond acceptors (Lipinski definition) is 2. The van der Waals surface area contributed by atoms with E-state index in [4.69, 9.17) is 5.73 Å². The molecule has 11 heavy (non-hydrogen) atoms. The van der Waals surface area contributed by atoms with Gasteiger partial charge in [-0.1, -0.05) is 13.3 Å². The average molecular weight is 154 g/mol. The fourth-order valence-electron chi connectivity index (χ4n) is 3.06. The van der Waals surface area contributed by atoms with Crippen LogP contribution in [0.4, 0.5) is 0 Å². The molecule has 0 aromatic carbocycles. The zero-order chi connectivity index (χ0) is 8.01. The lowest BCUT2D eigenvalue weighted by Crippen LogP contribution is -2.39. The Kier molecular flexibility index (Phi) is 1.69. The number of hydrogen-bond donors (Lipinski definition) is 1. The van der Waals surface area contributed by atoms with Gasteiger partial charge in [0.2, 0.25) is 0 Å². The third-order valence-electron chi connectivity index (χ3n) is 3.71. The van der Waals surface area contributed by atoms with Crippen molar-refractivity contribution in [3.8, 4) is 0 Å². The molecule has 2 rings (SSSR count). The van der Waals surface area contributed by atoms with Gasteiger partial charge < -0.3 is 5.73 Å². The van der Waals surface area contributed by atoms with E-state index in [-0.39, 0.29) is 0 Å². The third kappa shape index (κ3) is 0.859. The number of fused-ring (bicyclic) bond motifs is 2. The van der Waals surface area contributed by atoms with Crippen molar-refractivity contribution in [3.63, 3.8) is 0 Å². The third-order valence-corrected chi connectivity index (χ3v) is 3.71. The molecule has 2 heterocycles. The zero-order valence-corrected chi connectivity index (χ0v) is 7.46. The van der Waals surface area contributed by atoms with Gasteiger partial charge in [-0.15, -0.1) is 0 Å². The van der Waals surface area contributed by atoms with E-state index >= 15 is 0 Å². The van der Waals surface area contributed by atoms with Crippen molar-refractivity contribution in [2.24, 2.45) is 11.7 Å². The first kappa shape index (κ1) is 7.56. The second-order valence-corrected chi connectivity index (χ2v) is 4.03. The van der Waals surface area contributed by atoms with Crippen molar-refractivity contribution in [1.29, 1.82) is 0 Å². The Morgan fingerprint density at radius 2 is 2.00 bits per heavy atom. The highest BCUT2D eigenvalue weighted by atomic mass is 15.2. The standard InChI is InChI=1S/C9H18N2/c1-3-6-7-4-5-8(9(6)10)11(7)2/h6-9H,3-5,10H2,1-2H3/t6-,7+,8-,9-/m1/s1. The lowest BCUT2D eigenvalue weighted by molar-refractivity contribution is 0.286. The summed E-state index contributed by atoms with van der Waals surface area (Å²) in [5.74, 6) is 0.777. The van der Waals surface area contributed by atoms with E-state index in [9.17, 15) is 0 Å². The Morgan fingerprint density at radius 1 is 1.36 bits per heavy atom. The van der Waals surface area contributed by atoms with Gasteiger partial charge in [0, 0.05) is 18.1 Å². The Morgan fingerprint density at radius 3 is 2.36 bits per heavy atom. The molecule has 2 saturated heterocycles. The molecule has 0 spiro atoms. The minimum atomic E-state index is 0.462. The molecule has 4 atom stereocenters. The molecule has 2 fully saturated rings. The molecule has 0 amide bonds. The summed E-state index contributed by atoms with van der Waals surface area (Å²) in [6, 6.07) is 1.97. The number of nitrogens with zero attached hydrogens (tertiary/aromatic N) is 1. The van der Waals surface area contributed by atoms with Crippen molar-refractivity contribution in [1.82, 2.24) is 4.90 Å². The van der Waals surface area contributed by atoms with Gasteiger partial charge in [0.1, 0.15) is 0 Å². The highest BCUT2D eigenvalue weighted by Gasteiger charge is 2.48. The molecule has 0 aliphatic carbocycles. The first-order valence-electron chi connectivity index (χ1n) is 4.73. The van der Waals surface area contributed by atoms with Crippen LogP contribution in [0.1, 0.15) is 26.2 Å². The molecule has 0 unspecified atom stereocenters. The summed E-state index contributed by atoms with van der Waals surface area (Å²) in [7, 11) is 2.23. The molecule has 2 nitrogen and oxygen atoms in total. The fraction of sp³-hybridized carbons (Fsp3) is 1.00. The maximum atomic E-state index is 6.12. The topological polar surface area (TPSA) is 29.3 Å². The molecular weight excluding hydrogens is 136 g/mol. The van der Waals surface area contributed by atoms with Crippen LogP contribution in [0.2, 0.25) is 0 Å². The molecule has 0 saturated carbocycles. The highest BCUT2D eigenvalue weighted by Crippen LogP contribution is 2.40. The van der Waals surface area contributed by atoms with Gasteiger partial charge in [0.25, 0.3) is 0 Å². The van der Waals surface area contributed by atoms with E-state index in [2.05, 4.69) is 18.9 Å². The molecule has 2 bridgehead atoms. The van der Waals surface area contributed by atoms with Crippen LogP contribution in [0.3, 0.4) is 0 Å². The molecular formula is C9H18N2. The summed E-state index contributed by atoms with van der Waals surface area (Å²) in [4.78, 5) is 2.50. The molecule has 0 radical (unpaired) electrons. The minimum Gasteiger partial charge on any atom is -0.326 e. The molecule has 0 aromatic heterocycles. The Balaban J connectivity index is 2.17. The van der Waals surface area contributed by atoms with Crippen LogP contribution >= 0.6 is 0 Å². The monoisotopic (exact) mass is 154 g/mol. The van der Waals surface area contributed by atoms with Crippen LogP contribution in [0.5, 0.6) is 0 Å². The Hall–Kier alpha value is -0.0800. The predicted octanol–water partition coefficient (Wildman–Crippen LogP) is 0.816. The van der Waals surface area contributed by atoms with E-state index in [0.717, 1.165) is 12.0 Å². The maximum Gasteiger partial charge on any atom is 0.0251 e. The second kappa shape index (κ2) is 2.46. The van der Waals surface area contributed by atoms with Crippen molar-refractivity contribution in [3.05, 3.63) is 0 Å². The normalized spacial score (nSPS) is 50.5. The van der Waals surface area contributed by atoms with Crippen LogP contribution in [-0.4, -0.2) is 30.1 Å². The van der Waals surface area contributed by atoms with E-state index in [1.54, 1.807) is 0 Å². The van der Waals surface area contributed by atoms with Gasteiger partial charge in [-0.05, 0) is 25.8 Å². The smallest absolute Gasteiger partial charge is 0.0251 e. The SMILES string of the molecule is CC[C@H]1[C@@H](N)[C@H]2CC[C@@H]1N2C. The van der Waals surface area contributed by atoms with Gasteiger partial charge in [0.05, 0.1) is 0 Å². The highest BCUT2D eigenvalue weighted by molar-refractivity contribution is 5.05. The first-order chi connectivity index (χ1) is 5.25. The van der Waals surface area contributed by atoms with E-state index in [1.165, 1.54) is 19.3 Å². The lowest BCUT2D eigenvalue weighted by atomic mass is 9.83. The van der Waals surface area contributed by atoms with E-state index < -0.39 is 0 Å². The van der Waals surface area contributed by atoms with Crippen molar-refractivity contribution < 1.29 is 0 Å². The number of likely N-dealkylation sites (N-methyl/N-ethyl adjacent to an activating group) is 1. The molecule has 2 heteroatoms. The first-order valence-corrected chi connectivity index (χ1v) is 4.73. The number of rotatable bonds is 1. The van der Waals surface area contributed by atoms with Crippen molar-refractivity contribution in [2.75, 3.05) is 7.05 Å². The summed E-state index contributed by atoms with van der Waals surface area (Å²) in [5, 5.41) is 0. The molecule has 2 aliphatic rings. The predicted molar refractivity (Wildman–Crippen MR) is 46.3 cm³/mol. The van der Waals surface area contributed by atoms with Crippen LogP contribution < -0.4 is 5.73 Å². The quantitative estimate of drug-likeness (QED) is 0.606. The Labute approximate surface area is 68.7 Å². The van der Waals surface area contributed by atoms with Gasteiger partial charge in [0.15, 0.2) is 0 Å². The lowest BCUT2D eigenvalue weighted by Gasteiger charge is -2.24. The largest absolute Gasteiger partial charge is 0.326 e. The van der Waals surface area contributed by atoms with Crippen molar-refractivity contribution >= 4 is 0 Å². The van der Waals surface area contributed by atoms with Crippen LogP contribution in [0.25, 0.3) is 0 Å². The van der Waals surface area contributed by atoms with E-state index in [0.29, 0.717) is 12.1 Å². The second-order valence-electron chi connectivity index (χ2n) is 4.03. The van der Waals surface area contributed by atoms with Gasteiger partial charge in [-0.25, -0.2) is 0 Å². The minimum absolute atomic E-state index is 0.462. The van der Waals surface area contributed by atoms with Crippen LogP contribution in [0.15, 0.2) is 0 Å². The molecule has 2 N–H and O–H groups in total. The van der Waals surface area contributed by atoms with Gasteiger partial charge >= 0.3 is 0 Å². The summed E-state index contributed by atoms with van der Waals surface area (Å²) in [6.45, 7) is 2.26. The van der Waals surface area contributed by atoms with Crippen LogP contribution in [0, 0.1) is 5.92 Å². The fourth-order valence-corrected chi connectivity index (χ4v) is 3.06. The Bertz CT molecular complexity index is 158. The van der Waals surface area contributed by atoms with Crippen molar-refractivity contribution in [2.45, 2.75) is 44.3 Å². The molecule has 64 valence electrons. The molecule has 2 aliphatic heterocycles. The summed E-state index contributed by atoms with van der Waals surface area (Å²) >= 11 is 0. The van der Waals surface area contributed by atoms with Crippen LogP contribution in [-0.2, 0) is 0 Å². The number of nitrogens with two attached hydrogens (primary N) is 1. The maximum absolute atomic E-state index is 6.12. The van der Waals surface area contributed by atoms with Gasteiger partial charge in [-0.2, -0.15) is 0 Å². The van der Waals surface area contributed by atoms with E-state index in [1.807, 2.05) is 0 Å². The average Bonchev–Trinajstić information content (AvgIpc) is 2.44. The summed E-state index contributed by atoms with van der Waals surface area (Å²) < 4.78 is 0. The zero-order valence-electron chi connectivity index (χ0n) is 7.46. The summed E-state index contributed by atoms with van der Waals surface area (Å²) in [6.07, 6.45) is 3.97. The summed E-state index contributed by atoms with van der Waals surface area (Å²) in [5.41, 5.74) is 6.12. The molecule has 0 aromatic rings. The van der Waals surface area contributed by atoms with Gasteiger partial charge in [-0.3, -0.25) is 4.90 Å².